The molecule has 0 spiro atoms. The first kappa shape index (κ1) is 20.9. The topological polar surface area (TPSA) is 12.5 Å². The van der Waals surface area contributed by atoms with Gasteiger partial charge < -0.3 is 9.64 Å². The molecule has 0 heterocycles. The van der Waals surface area contributed by atoms with Crippen LogP contribution in [0.25, 0.3) is 0 Å². The van der Waals surface area contributed by atoms with Crippen LogP contribution in [0.4, 0.5) is 4.39 Å². The van der Waals surface area contributed by atoms with Gasteiger partial charge in [0.25, 0.3) is 0 Å². The number of hydrogen-bond acceptors (Lipinski definition) is 2. The summed E-state index contributed by atoms with van der Waals surface area (Å²) in [7, 11) is 4.17. The molecule has 1 aliphatic rings. The van der Waals surface area contributed by atoms with E-state index in [1.54, 1.807) is 0 Å². The quantitative estimate of drug-likeness (QED) is 0.641. The van der Waals surface area contributed by atoms with Crippen LogP contribution in [0.3, 0.4) is 0 Å². The molecule has 0 bridgehead atoms. The van der Waals surface area contributed by atoms with E-state index >= 15 is 0 Å². The molecule has 1 fully saturated rings. The van der Waals surface area contributed by atoms with Crippen LogP contribution in [0.5, 0.6) is 0 Å². The molecule has 142 valence electrons. The van der Waals surface area contributed by atoms with Gasteiger partial charge in [-0.15, -0.1) is 12.4 Å². The maximum absolute atomic E-state index is 13.1. The number of hydrogen-bond donors (Lipinski definition) is 0. The molecule has 2 aromatic rings. The predicted octanol–water partition coefficient (Wildman–Crippen LogP) is 5.69. The van der Waals surface area contributed by atoms with Gasteiger partial charge in [0.05, 0.1) is 12.2 Å². The molecule has 1 aliphatic carbocycles. The lowest BCUT2D eigenvalue weighted by Gasteiger charge is -2.38. The van der Waals surface area contributed by atoms with Crippen molar-refractivity contribution in [2.75, 3.05) is 14.1 Å². The van der Waals surface area contributed by atoms with E-state index in [0.29, 0.717) is 6.61 Å². The third-order valence-electron chi connectivity index (χ3n) is 5.07. The monoisotopic (exact) mass is 377 g/mol. The first-order chi connectivity index (χ1) is 12.1. The zero-order chi connectivity index (χ0) is 17.7. The van der Waals surface area contributed by atoms with Gasteiger partial charge in [0.15, 0.2) is 0 Å². The Morgan fingerprint density at radius 1 is 0.885 bits per heavy atom. The van der Waals surface area contributed by atoms with Crippen molar-refractivity contribution < 1.29 is 9.13 Å². The van der Waals surface area contributed by atoms with Crippen LogP contribution in [0.15, 0.2) is 48.5 Å². The molecule has 2 aromatic carbocycles. The van der Waals surface area contributed by atoms with Crippen LogP contribution < -0.4 is 0 Å². The lowest BCUT2D eigenvalue weighted by Crippen LogP contribution is -2.32. The molecule has 0 N–H and O–H groups in total. The van der Waals surface area contributed by atoms with Gasteiger partial charge in [-0.25, -0.2) is 4.39 Å². The molecule has 0 saturated heterocycles. The number of ether oxygens (including phenoxy) is 1. The summed E-state index contributed by atoms with van der Waals surface area (Å²) in [5.41, 5.74) is 3.41. The van der Waals surface area contributed by atoms with E-state index in [1.807, 2.05) is 12.1 Å². The molecule has 0 radical (unpaired) electrons. The van der Waals surface area contributed by atoms with Crippen LogP contribution >= 0.6 is 12.4 Å². The first-order valence-corrected chi connectivity index (χ1v) is 9.20. The van der Waals surface area contributed by atoms with E-state index < -0.39 is 0 Å². The van der Waals surface area contributed by atoms with Crippen molar-refractivity contribution >= 4 is 12.4 Å². The maximum atomic E-state index is 13.1. The minimum atomic E-state index is -0.205. The Morgan fingerprint density at radius 2 is 1.46 bits per heavy atom. The fourth-order valence-corrected chi connectivity index (χ4v) is 3.72. The molecule has 0 aromatic heterocycles. The smallest absolute Gasteiger partial charge is 0.123 e. The largest absolute Gasteiger partial charge is 0.366 e. The van der Waals surface area contributed by atoms with Crippen LogP contribution in [0.2, 0.25) is 0 Å². The highest BCUT2D eigenvalue weighted by molar-refractivity contribution is 5.85. The standard InChI is InChI=1S/C22H28FNO.ClH/c1-24(2)16-18-6-10-20(11-7-18)22(14-4-3-5-15-22)25-17-19-8-12-21(23)13-9-19;/h6-13H,3-5,14-17H2,1-2H3;1H. The highest BCUT2D eigenvalue weighted by Gasteiger charge is 2.34. The van der Waals surface area contributed by atoms with E-state index in [-0.39, 0.29) is 23.8 Å². The molecule has 26 heavy (non-hydrogen) atoms. The molecule has 0 amide bonds. The van der Waals surface area contributed by atoms with Crippen molar-refractivity contribution in [2.45, 2.75) is 50.9 Å². The number of nitrogens with zero attached hydrogens (tertiary/aromatic N) is 1. The van der Waals surface area contributed by atoms with E-state index in [1.165, 1.54) is 42.5 Å². The van der Waals surface area contributed by atoms with Crippen LogP contribution in [0.1, 0.15) is 48.8 Å². The minimum Gasteiger partial charge on any atom is -0.366 e. The van der Waals surface area contributed by atoms with Crippen LogP contribution in [-0.2, 0) is 23.5 Å². The Kier molecular flexibility index (Phi) is 7.63. The van der Waals surface area contributed by atoms with E-state index in [2.05, 4.69) is 43.3 Å². The average molecular weight is 378 g/mol. The Labute approximate surface area is 162 Å². The van der Waals surface area contributed by atoms with Crippen molar-refractivity contribution in [3.8, 4) is 0 Å². The molecule has 4 heteroatoms. The summed E-state index contributed by atoms with van der Waals surface area (Å²) >= 11 is 0. The molecule has 1 saturated carbocycles. The molecule has 0 aliphatic heterocycles. The second kappa shape index (κ2) is 9.50. The maximum Gasteiger partial charge on any atom is 0.123 e. The van der Waals surface area contributed by atoms with Gasteiger partial charge in [0.2, 0.25) is 0 Å². The highest BCUT2D eigenvalue weighted by atomic mass is 35.5. The normalized spacial score (nSPS) is 16.3. The summed E-state index contributed by atoms with van der Waals surface area (Å²) in [6.07, 6.45) is 5.79. The fourth-order valence-electron chi connectivity index (χ4n) is 3.72. The number of benzene rings is 2. The summed E-state index contributed by atoms with van der Waals surface area (Å²) in [5, 5.41) is 0. The second-order valence-corrected chi connectivity index (χ2v) is 7.40. The minimum absolute atomic E-state index is 0. The number of halogens is 2. The lowest BCUT2D eigenvalue weighted by atomic mass is 9.79. The summed E-state index contributed by atoms with van der Waals surface area (Å²) in [4.78, 5) is 2.18. The zero-order valence-electron chi connectivity index (χ0n) is 15.7. The predicted molar refractivity (Wildman–Crippen MR) is 107 cm³/mol. The summed E-state index contributed by atoms with van der Waals surface area (Å²) in [6.45, 7) is 1.48. The fraction of sp³-hybridized carbons (Fsp3) is 0.455. The van der Waals surface area contributed by atoms with E-state index in [9.17, 15) is 4.39 Å². The average Bonchev–Trinajstić information content (AvgIpc) is 2.62. The van der Waals surface area contributed by atoms with Gasteiger partial charge in [-0.1, -0.05) is 55.7 Å². The molecule has 2 nitrogen and oxygen atoms in total. The third-order valence-corrected chi connectivity index (χ3v) is 5.07. The van der Waals surface area contributed by atoms with Crippen molar-refractivity contribution in [1.29, 1.82) is 0 Å². The van der Waals surface area contributed by atoms with Gasteiger partial charge in [0.1, 0.15) is 5.82 Å². The van der Waals surface area contributed by atoms with Gasteiger partial charge >= 0.3 is 0 Å². The summed E-state index contributed by atoms with van der Waals surface area (Å²) in [5.74, 6) is -0.201. The lowest BCUT2D eigenvalue weighted by molar-refractivity contribution is -0.0865. The van der Waals surface area contributed by atoms with Crippen molar-refractivity contribution in [1.82, 2.24) is 4.90 Å². The molecule has 0 atom stereocenters. The first-order valence-electron chi connectivity index (χ1n) is 9.20. The van der Waals surface area contributed by atoms with Gasteiger partial charge in [0, 0.05) is 6.54 Å². The molecule has 3 rings (SSSR count). The number of rotatable bonds is 6. The van der Waals surface area contributed by atoms with E-state index in [4.69, 9.17) is 4.74 Å². The van der Waals surface area contributed by atoms with Crippen LogP contribution in [0, 0.1) is 5.82 Å². The highest BCUT2D eigenvalue weighted by Crippen LogP contribution is 2.41. The SMILES string of the molecule is CN(C)Cc1ccc(C2(OCc3ccc(F)cc3)CCCCC2)cc1.Cl. The molecule has 0 unspecified atom stereocenters. The van der Waals surface area contributed by atoms with Crippen LogP contribution in [-0.4, -0.2) is 19.0 Å². The van der Waals surface area contributed by atoms with Crippen molar-refractivity contribution in [3.63, 3.8) is 0 Å². The molecular formula is C22H29ClFNO. The third kappa shape index (κ3) is 5.29. The Hall–Kier alpha value is -1.42. The Balaban J connectivity index is 0.00000243. The Bertz CT molecular complexity index is 664. The van der Waals surface area contributed by atoms with Gasteiger partial charge in [-0.05, 0) is 55.8 Å². The zero-order valence-corrected chi connectivity index (χ0v) is 16.5. The van der Waals surface area contributed by atoms with Gasteiger partial charge in [-0.3, -0.25) is 0 Å². The van der Waals surface area contributed by atoms with Crippen molar-refractivity contribution in [2.24, 2.45) is 0 Å². The summed E-state index contributed by atoms with van der Waals surface area (Å²) in [6, 6.07) is 15.5. The summed E-state index contributed by atoms with van der Waals surface area (Å²) < 4.78 is 19.6. The van der Waals surface area contributed by atoms with E-state index in [0.717, 1.165) is 24.9 Å². The molecular weight excluding hydrogens is 349 g/mol. The second-order valence-electron chi connectivity index (χ2n) is 7.40. The Morgan fingerprint density at radius 3 is 2.04 bits per heavy atom. The van der Waals surface area contributed by atoms with Crippen molar-refractivity contribution in [3.05, 3.63) is 71.0 Å². The van der Waals surface area contributed by atoms with Gasteiger partial charge in [-0.2, -0.15) is 0 Å².